The summed E-state index contributed by atoms with van der Waals surface area (Å²) in [6, 6.07) is 15.4. The SMILES string of the molecule is CS(=O)(=O)Nc1ccc(C(=O)COC(=O)C2(c3ccccc3)CC2)cc1. The largest absolute Gasteiger partial charge is 0.457 e. The monoisotopic (exact) mass is 373 g/mol. The maximum Gasteiger partial charge on any atom is 0.317 e. The molecule has 0 saturated heterocycles. The average Bonchev–Trinajstić information content (AvgIpc) is 3.41. The third-order valence-electron chi connectivity index (χ3n) is 4.31. The zero-order valence-electron chi connectivity index (χ0n) is 14.3. The molecule has 1 aliphatic rings. The van der Waals surface area contributed by atoms with E-state index in [-0.39, 0.29) is 18.4 Å². The summed E-state index contributed by atoms with van der Waals surface area (Å²) in [6.07, 6.45) is 2.48. The van der Waals surface area contributed by atoms with Crippen LogP contribution in [-0.2, 0) is 25.0 Å². The highest BCUT2D eigenvalue weighted by Gasteiger charge is 2.52. The molecule has 0 amide bonds. The summed E-state index contributed by atoms with van der Waals surface area (Å²) in [5.41, 5.74) is 1.00. The van der Waals surface area contributed by atoms with E-state index in [1.165, 1.54) is 24.3 Å². The fourth-order valence-corrected chi connectivity index (χ4v) is 3.35. The second-order valence-electron chi connectivity index (χ2n) is 6.40. The lowest BCUT2D eigenvalue weighted by Crippen LogP contribution is -2.25. The second kappa shape index (κ2) is 6.92. The smallest absolute Gasteiger partial charge is 0.317 e. The first-order valence-electron chi connectivity index (χ1n) is 8.14. The van der Waals surface area contributed by atoms with Crippen LogP contribution in [0.4, 0.5) is 5.69 Å². The highest BCUT2D eigenvalue weighted by Crippen LogP contribution is 2.49. The van der Waals surface area contributed by atoms with E-state index in [1.54, 1.807) is 0 Å². The van der Waals surface area contributed by atoms with Crippen LogP contribution >= 0.6 is 0 Å². The molecule has 26 heavy (non-hydrogen) atoms. The van der Waals surface area contributed by atoms with Crippen LogP contribution in [0.2, 0.25) is 0 Å². The van der Waals surface area contributed by atoms with Crippen LogP contribution < -0.4 is 4.72 Å². The van der Waals surface area contributed by atoms with Crippen molar-refractivity contribution in [2.75, 3.05) is 17.6 Å². The fourth-order valence-electron chi connectivity index (χ4n) is 2.78. The lowest BCUT2D eigenvalue weighted by Gasteiger charge is -2.14. The van der Waals surface area contributed by atoms with Crippen LogP contribution in [0.1, 0.15) is 28.8 Å². The van der Waals surface area contributed by atoms with Gasteiger partial charge in [-0.2, -0.15) is 0 Å². The van der Waals surface area contributed by atoms with Crippen LogP contribution in [0.5, 0.6) is 0 Å². The van der Waals surface area contributed by atoms with Crippen molar-refractivity contribution in [2.45, 2.75) is 18.3 Å². The number of ketones is 1. The van der Waals surface area contributed by atoms with E-state index >= 15 is 0 Å². The molecule has 1 aliphatic carbocycles. The second-order valence-corrected chi connectivity index (χ2v) is 8.15. The van der Waals surface area contributed by atoms with Gasteiger partial charge in [0.25, 0.3) is 0 Å². The highest BCUT2D eigenvalue weighted by atomic mass is 32.2. The number of hydrogen-bond donors (Lipinski definition) is 1. The van der Waals surface area contributed by atoms with Gasteiger partial charge in [0.2, 0.25) is 10.0 Å². The average molecular weight is 373 g/mol. The van der Waals surface area contributed by atoms with E-state index in [0.29, 0.717) is 11.3 Å². The molecule has 0 unspecified atom stereocenters. The van der Waals surface area contributed by atoms with Gasteiger partial charge in [-0.15, -0.1) is 0 Å². The zero-order valence-corrected chi connectivity index (χ0v) is 15.1. The summed E-state index contributed by atoms with van der Waals surface area (Å²) in [5, 5.41) is 0. The molecular formula is C19H19NO5S. The maximum absolute atomic E-state index is 12.4. The number of hydrogen-bond acceptors (Lipinski definition) is 5. The number of benzene rings is 2. The van der Waals surface area contributed by atoms with Crippen molar-refractivity contribution in [2.24, 2.45) is 0 Å². The molecular weight excluding hydrogens is 354 g/mol. The summed E-state index contributed by atoms with van der Waals surface area (Å²) in [5.74, 6) is -0.722. The van der Waals surface area contributed by atoms with Gasteiger partial charge in [0.1, 0.15) is 0 Å². The van der Waals surface area contributed by atoms with Gasteiger partial charge in [0.15, 0.2) is 12.4 Å². The van der Waals surface area contributed by atoms with E-state index in [9.17, 15) is 18.0 Å². The molecule has 2 aromatic rings. The van der Waals surface area contributed by atoms with E-state index in [2.05, 4.69) is 4.72 Å². The van der Waals surface area contributed by atoms with Gasteiger partial charge in [-0.25, -0.2) is 8.42 Å². The quantitative estimate of drug-likeness (QED) is 0.595. The number of rotatable bonds is 7. The van der Waals surface area contributed by atoms with Crippen LogP contribution in [-0.4, -0.2) is 33.0 Å². The van der Waals surface area contributed by atoms with Crippen molar-refractivity contribution >= 4 is 27.5 Å². The van der Waals surface area contributed by atoms with Crippen LogP contribution in [0, 0.1) is 0 Å². The molecule has 0 radical (unpaired) electrons. The Bertz CT molecular complexity index is 916. The third kappa shape index (κ3) is 4.11. The fraction of sp³-hybridized carbons (Fsp3) is 0.263. The first kappa shape index (κ1) is 18.1. The Labute approximate surface area is 152 Å². The summed E-state index contributed by atoms with van der Waals surface area (Å²) < 4.78 is 29.9. The molecule has 7 heteroatoms. The summed E-state index contributed by atoms with van der Waals surface area (Å²) >= 11 is 0. The molecule has 0 spiro atoms. The Kier molecular flexibility index (Phi) is 4.82. The van der Waals surface area contributed by atoms with E-state index in [0.717, 1.165) is 24.7 Å². The molecule has 1 saturated carbocycles. The number of sulfonamides is 1. The van der Waals surface area contributed by atoms with Crippen molar-refractivity contribution in [3.63, 3.8) is 0 Å². The summed E-state index contributed by atoms with van der Waals surface area (Å²) in [4.78, 5) is 24.6. The molecule has 2 aromatic carbocycles. The van der Waals surface area contributed by atoms with E-state index < -0.39 is 15.4 Å². The Morgan fingerprint density at radius 2 is 1.65 bits per heavy atom. The Morgan fingerprint density at radius 3 is 2.19 bits per heavy atom. The van der Waals surface area contributed by atoms with Gasteiger partial charge < -0.3 is 4.74 Å². The number of carbonyl (C=O) groups is 2. The van der Waals surface area contributed by atoms with Gasteiger partial charge in [-0.1, -0.05) is 30.3 Å². The van der Waals surface area contributed by atoms with Gasteiger partial charge in [-0.05, 0) is 42.7 Å². The lowest BCUT2D eigenvalue weighted by atomic mass is 9.96. The Balaban J connectivity index is 1.60. The Hall–Kier alpha value is -2.67. The van der Waals surface area contributed by atoms with Crippen molar-refractivity contribution < 1.29 is 22.7 Å². The number of nitrogens with one attached hydrogen (secondary N) is 1. The van der Waals surface area contributed by atoms with E-state index in [1.807, 2.05) is 30.3 Å². The Morgan fingerprint density at radius 1 is 1.04 bits per heavy atom. The number of carbonyl (C=O) groups excluding carboxylic acids is 2. The first-order chi connectivity index (χ1) is 12.3. The molecule has 0 bridgehead atoms. The highest BCUT2D eigenvalue weighted by molar-refractivity contribution is 7.92. The summed E-state index contributed by atoms with van der Waals surface area (Å²) in [6.45, 7) is -0.341. The predicted molar refractivity (Wildman–Crippen MR) is 97.6 cm³/mol. The molecule has 136 valence electrons. The van der Waals surface area contributed by atoms with Gasteiger partial charge in [0, 0.05) is 11.3 Å². The molecule has 6 nitrogen and oxygen atoms in total. The van der Waals surface area contributed by atoms with Crippen molar-refractivity contribution in [1.82, 2.24) is 0 Å². The minimum Gasteiger partial charge on any atom is -0.457 e. The summed E-state index contributed by atoms with van der Waals surface area (Å²) in [7, 11) is -3.37. The van der Waals surface area contributed by atoms with Gasteiger partial charge in [0.05, 0.1) is 11.7 Å². The van der Waals surface area contributed by atoms with Crippen LogP contribution in [0.25, 0.3) is 0 Å². The minimum absolute atomic E-state index is 0.340. The normalized spacial score (nSPS) is 15.1. The molecule has 0 aromatic heterocycles. The standard InChI is InChI=1S/C19H19NO5S/c1-26(23,24)20-16-9-7-14(8-10-16)17(21)13-25-18(22)19(11-12-19)15-5-3-2-4-6-15/h2-10,20H,11-13H2,1H3. The number of anilines is 1. The number of ether oxygens (including phenoxy) is 1. The van der Waals surface area contributed by atoms with Crippen molar-refractivity contribution in [3.05, 3.63) is 65.7 Å². The lowest BCUT2D eigenvalue weighted by molar-refractivity contribution is -0.145. The van der Waals surface area contributed by atoms with E-state index in [4.69, 9.17) is 4.74 Å². The number of Topliss-reactive ketones (excluding diaryl/α,β-unsaturated/α-hetero) is 1. The van der Waals surface area contributed by atoms with Crippen molar-refractivity contribution in [1.29, 1.82) is 0 Å². The topological polar surface area (TPSA) is 89.5 Å². The zero-order chi connectivity index (χ0) is 18.8. The molecule has 0 atom stereocenters. The maximum atomic E-state index is 12.4. The molecule has 1 fully saturated rings. The van der Waals surface area contributed by atoms with Crippen LogP contribution in [0.3, 0.4) is 0 Å². The van der Waals surface area contributed by atoms with Gasteiger partial charge in [-0.3, -0.25) is 14.3 Å². The van der Waals surface area contributed by atoms with Crippen molar-refractivity contribution in [3.8, 4) is 0 Å². The molecule has 0 aliphatic heterocycles. The van der Waals surface area contributed by atoms with Gasteiger partial charge >= 0.3 is 5.97 Å². The first-order valence-corrected chi connectivity index (χ1v) is 10.0. The molecule has 3 rings (SSSR count). The predicted octanol–water partition coefficient (Wildman–Crippen LogP) is 2.52. The minimum atomic E-state index is -3.37. The third-order valence-corrected chi connectivity index (χ3v) is 4.92. The molecule has 0 heterocycles. The number of esters is 1. The molecule has 1 N–H and O–H groups in total. The van der Waals surface area contributed by atoms with Crippen LogP contribution in [0.15, 0.2) is 54.6 Å².